The summed E-state index contributed by atoms with van der Waals surface area (Å²) in [5.41, 5.74) is 0.500. The second-order valence-electron chi connectivity index (χ2n) is 6.23. The lowest BCUT2D eigenvalue weighted by molar-refractivity contribution is 0.00903. The first-order valence-corrected chi connectivity index (χ1v) is 8.04. The molecule has 1 aliphatic heterocycles. The standard InChI is InChI=1S/C14H22IN3O2/c1-14(2,3)20-13(19)18-8-6-5-7-11(18)10-9-17(4)12(15)16-10/h9,11H,5-8H2,1-4H3. The third-order valence-corrected chi connectivity index (χ3v) is 4.31. The molecule has 112 valence electrons. The fraction of sp³-hybridized carbons (Fsp3) is 0.714. The molecular weight excluding hydrogens is 369 g/mol. The number of carbonyl (C=O) groups excluding carboxylic acids is 1. The molecule has 0 aromatic carbocycles. The van der Waals surface area contributed by atoms with E-state index in [0.29, 0.717) is 0 Å². The van der Waals surface area contributed by atoms with Crippen molar-refractivity contribution in [3.05, 3.63) is 15.7 Å². The zero-order chi connectivity index (χ0) is 14.9. The smallest absolute Gasteiger partial charge is 0.410 e. The van der Waals surface area contributed by atoms with Crippen molar-refractivity contribution in [1.82, 2.24) is 14.5 Å². The van der Waals surface area contributed by atoms with Crippen LogP contribution in [0.4, 0.5) is 4.79 Å². The van der Waals surface area contributed by atoms with E-state index >= 15 is 0 Å². The highest BCUT2D eigenvalue weighted by molar-refractivity contribution is 14.1. The van der Waals surface area contributed by atoms with Crippen LogP contribution in [0.25, 0.3) is 0 Å². The molecule has 0 spiro atoms. The average molecular weight is 391 g/mol. The zero-order valence-electron chi connectivity index (χ0n) is 12.5. The van der Waals surface area contributed by atoms with Gasteiger partial charge in [0.2, 0.25) is 0 Å². The van der Waals surface area contributed by atoms with E-state index in [2.05, 4.69) is 27.6 Å². The molecule has 1 aliphatic rings. The fourth-order valence-electron chi connectivity index (χ4n) is 2.40. The Morgan fingerprint density at radius 2 is 2.15 bits per heavy atom. The minimum atomic E-state index is -0.461. The Hall–Kier alpha value is -0.790. The van der Waals surface area contributed by atoms with Crippen molar-refractivity contribution >= 4 is 28.7 Å². The van der Waals surface area contributed by atoms with Crippen LogP contribution in [0.2, 0.25) is 0 Å². The molecule has 0 bridgehead atoms. The van der Waals surface area contributed by atoms with Crippen molar-refractivity contribution in [3.63, 3.8) is 0 Å². The Balaban J connectivity index is 2.19. The summed E-state index contributed by atoms with van der Waals surface area (Å²) in [5, 5.41) is 0. The maximum absolute atomic E-state index is 12.4. The number of likely N-dealkylation sites (tertiary alicyclic amines) is 1. The molecule has 0 aliphatic carbocycles. The first-order valence-electron chi connectivity index (χ1n) is 6.96. The Bertz CT molecular complexity index is 474. The topological polar surface area (TPSA) is 47.4 Å². The van der Waals surface area contributed by atoms with Crippen molar-refractivity contribution in [2.75, 3.05) is 6.54 Å². The van der Waals surface area contributed by atoms with E-state index in [-0.39, 0.29) is 12.1 Å². The molecule has 5 nitrogen and oxygen atoms in total. The van der Waals surface area contributed by atoms with Crippen molar-refractivity contribution in [2.45, 2.75) is 51.7 Å². The SMILES string of the molecule is Cn1cc(C2CCCCN2C(=O)OC(C)(C)C)nc1I. The summed E-state index contributed by atoms with van der Waals surface area (Å²) in [5.74, 6) is 0. The predicted octanol–water partition coefficient (Wildman–Crippen LogP) is 3.49. The summed E-state index contributed by atoms with van der Waals surface area (Å²) in [6, 6.07) is 0.0355. The van der Waals surface area contributed by atoms with Gasteiger partial charge in [0.25, 0.3) is 0 Å². The average Bonchev–Trinajstić information content (AvgIpc) is 2.67. The lowest BCUT2D eigenvalue weighted by atomic mass is 10.0. The molecule has 1 amide bonds. The summed E-state index contributed by atoms with van der Waals surface area (Å²) in [6.07, 6.45) is 4.88. The van der Waals surface area contributed by atoms with Gasteiger partial charge in [-0.25, -0.2) is 9.78 Å². The van der Waals surface area contributed by atoms with E-state index in [1.807, 2.05) is 43.5 Å². The van der Waals surface area contributed by atoms with Crippen molar-refractivity contribution in [1.29, 1.82) is 0 Å². The second kappa shape index (κ2) is 5.91. The van der Waals surface area contributed by atoms with Crippen LogP contribution in [0.5, 0.6) is 0 Å². The van der Waals surface area contributed by atoms with Crippen LogP contribution >= 0.6 is 22.6 Å². The molecule has 0 N–H and O–H groups in total. The van der Waals surface area contributed by atoms with Gasteiger partial charge in [-0.1, -0.05) is 0 Å². The molecule has 2 rings (SSSR count). The van der Waals surface area contributed by atoms with Crippen molar-refractivity contribution in [3.8, 4) is 0 Å². The Labute approximate surface area is 133 Å². The van der Waals surface area contributed by atoms with Gasteiger partial charge in [0, 0.05) is 19.8 Å². The lowest BCUT2D eigenvalue weighted by Crippen LogP contribution is -2.42. The molecule has 1 atom stereocenters. The van der Waals surface area contributed by atoms with Crippen molar-refractivity contribution < 1.29 is 9.53 Å². The van der Waals surface area contributed by atoms with Crippen molar-refractivity contribution in [2.24, 2.45) is 7.05 Å². The number of piperidine rings is 1. The van der Waals surface area contributed by atoms with Crippen LogP contribution in [0, 0.1) is 3.83 Å². The Kier molecular flexibility index (Phi) is 4.61. The number of carbonyl (C=O) groups is 1. The highest BCUT2D eigenvalue weighted by Crippen LogP contribution is 2.31. The largest absolute Gasteiger partial charge is 0.444 e. The minimum absolute atomic E-state index is 0.0355. The summed E-state index contributed by atoms with van der Waals surface area (Å²) in [6.45, 7) is 6.43. The van der Waals surface area contributed by atoms with Gasteiger partial charge in [0.15, 0.2) is 3.83 Å². The van der Waals surface area contributed by atoms with E-state index < -0.39 is 5.60 Å². The number of imidazole rings is 1. The maximum Gasteiger partial charge on any atom is 0.410 e. The fourth-order valence-corrected chi connectivity index (χ4v) is 2.82. The van der Waals surface area contributed by atoms with Gasteiger partial charge in [-0.05, 0) is 62.6 Å². The number of hydrogen-bond donors (Lipinski definition) is 0. The third kappa shape index (κ3) is 3.65. The van der Waals surface area contributed by atoms with E-state index in [9.17, 15) is 4.79 Å². The van der Waals surface area contributed by atoms with E-state index in [0.717, 1.165) is 35.3 Å². The Morgan fingerprint density at radius 3 is 2.70 bits per heavy atom. The van der Waals surface area contributed by atoms with Gasteiger partial charge in [-0.15, -0.1) is 0 Å². The number of ether oxygens (including phenoxy) is 1. The Morgan fingerprint density at radius 1 is 1.45 bits per heavy atom. The van der Waals surface area contributed by atoms with Crippen LogP contribution in [-0.2, 0) is 11.8 Å². The van der Waals surface area contributed by atoms with Gasteiger partial charge in [-0.2, -0.15) is 0 Å². The number of nitrogens with zero attached hydrogens (tertiary/aromatic N) is 3. The zero-order valence-corrected chi connectivity index (χ0v) is 14.7. The molecule has 1 fully saturated rings. The molecule has 1 unspecified atom stereocenters. The number of aryl methyl sites for hydroxylation is 1. The summed E-state index contributed by atoms with van der Waals surface area (Å²) >= 11 is 2.21. The number of rotatable bonds is 1. The van der Waals surface area contributed by atoms with Gasteiger partial charge in [0.05, 0.1) is 11.7 Å². The van der Waals surface area contributed by atoms with Gasteiger partial charge in [-0.3, -0.25) is 4.90 Å². The number of hydrogen-bond acceptors (Lipinski definition) is 3. The van der Waals surface area contributed by atoms with Gasteiger partial charge < -0.3 is 9.30 Å². The van der Waals surface area contributed by atoms with Crippen LogP contribution in [0.3, 0.4) is 0 Å². The molecule has 6 heteroatoms. The molecule has 0 saturated carbocycles. The molecule has 20 heavy (non-hydrogen) atoms. The lowest BCUT2D eigenvalue weighted by Gasteiger charge is -2.35. The summed E-state index contributed by atoms with van der Waals surface area (Å²) in [4.78, 5) is 18.7. The quantitative estimate of drug-likeness (QED) is 0.689. The minimum Gasteiger partial charge on any atom is -0.444 e. The summed E-state index contributed by atoms with van der Waals surface area (Å²) in [7, 11) is 1.97. The molecule has 1 saturated heterocycles. The molecule has 1 aromatic rings. The highest BCUT2D eigenvalue weighted by Gasteiger charge is 2.32. The van der Waals surface area contributed by atoms with E-state index in [4.69, 9.17) is 4.74 Å². The van der Waals surface area contributed by atoms with Crippen LogP contribution < -0.4 is 0 Å². The number of amides is 1. The number of aromatic nitrogens is 2. The number of halogens is 1. The predicted molar refractivity (Wildman–Crippen MR) is 85.5 cm³/mol. The molecule has 1 aromatic heterocycles. The highest BCUT2D eigenvalue weighted by atomic mass is 127. The van der Waals surface area contributed by atoms with Crippen LogP contribution in [0.15, 0.2) is 6.20 Å². The third-order valence-electron chi connectivity index (χ3n) is 3.31. The maximum atomic E-state index is 12.4. The normalized spacial score (nSPS) is 20.1. The molecule has 2 heterocycles. The summed E-state index contributed by atoms with van der Waals surface area (Å²) < 4.78 is 8.44. The van der Waals surface area contributed by atoms with Gasteiger partial charge in [0.1, 0.15) is 5.60 Å². The molecular formula is C14H22IN3O2. The van der Waals surface area contributed by atoms with Crippen LogP contribution in [0.1, 0.15) is 51.8 Å². The van der Waals surface area contributed by atoms with Crippen LogP contribution in [-0.4, -0.2) is 32.7 Å². The van der Waals surface area contributed by atoms with Gasteiger partial charge >= 0.3 is 6.09 Å². The second-order valence-corrected chi connectivity index (χ2v) is 7.20. The first-order chi connectivity index (χ1) is 9.28. The molecule has 0 radical (unpaired) electrons. The first kappa shape index (κ1) is 15.6. The monoisotopic (exact) mass is 391 g/mol. The van der Waals surface area contributed by atoms with E-state index in [1.54, 1.807) is 0 Å². The van der Waals surface area contributed by atoms with E-state index in [1.165, 1.54) is 0 Å².